The van der Waals surface area contributed by atoms with Gasteiger partial charge in [-0.15, -0.1) is 11.3 Å². The lowest BCUT2D eigenvalue weighted by atomic mass is 10.1. The molecule has 0 aromatic carbocycles. The summed E-state index contributed by atoms with van der Waals surface area (Å²) in [4.78, 5) is 24.1. The van der Waals surface area contributed by atoms with E-state index in [1.165, 1.54) is 11.3 Å². The van der Waals surface area contributed by atoms with E-state index < -0.39 is 0 Å². The monoisotopic (exact) mass is 355 g/mol. The van der Waals surface area contributed by atoms with Gasteiger partial charge in [-0.25, -0.2) is 9.97 Å². The summed E-state index contributed by atoms with van der Waals surface area (Å²) in [7, 11) is 2.00. The zero-order chi connectivity index (χ0) is 17.6. The van der Waals surface area contributed by atoms with E-state index in [1.807, 2.05) is 42.2 Å². The van der Waals surface area contributed by atoms with Crippen LogP contribution >= 0.6 is 11.3 Å². The van der Waals surface area contributed by atoms with Gasteiger partial charge in [0.25, 0.3) is 0 Å². The van der Waals surface area contributed by atoms with E-state index in [2.05, 4.69) is 22.1 Å². The standard InChI is InChI=1S/C18H21N5OS/c1-11-8-22(10-14(11)19-3)15-5-4-13-16(24)12(2)9-23(17(13)21-15)18-20-6-7-25-18/h4-7,9,11,14,19H,8,10H2,1-3H3/t11-,14?/m0/s1. The van der Waals surface area contributed by atoms with E-state index in [0.717, 1.165) is 24.0 Å². The maximum Gasteiger partial charge on any atom is 0.195 e. The van der Waals surface area contributed by atoms with Crippen molar-refractivity contribution >= 4 is 28.2 Å². The molecule has 0 aliphatic carbocycles. The summed E-state index contributed by atoms with van der Waals surface area (Å²) in [5, 5.41) is 6.75. The summed E-state index contributed by atoms with van der Waals surface area (Å²) in [5.41, 5.74) is 1.40. The van der Waals surface area contributed by atoms with Crippen molar-refractivity contribution in [1.82, 2.24) is 19.9 Å². The molecule has 1 fully saturated rings. The molecule has 1 saturated heterocycles. The van der Waals surface area contributed by atoms with Gasteiger partial charge >= 0.3 is 0 Å². The van der Waals surface area contributed by atoms with E-state index in [0.29, 0.717) is 28.6 Å². The fourth-order valence-corrected chi connectivity index (χ4v) is 4.13. The second-order valence-corrected chi connectivity index (χ2v) is 7.52. The molecule has 130 valence electrons. The lowest BCUT2D eigenvalue weighted by molar-refractivity contribution is 0.490. The van der Waals surface area contributed by atoms with Crippen molar-refractivity contribution in [1.29, 1.82) is 0 Å². The van der Waals surface area contributed by atoms with Crippen molar-refractivity contribution in [2.24, 2.45) is 5.92 Å². The molecule has 1 aliphatic rings. The predicted molar refractivity (Wildman–Crippen MR) is 102 cm³/mol. The molecule has 4 rings (SSSR count). The number of thiazole rings is 1. The van der Waals surface area contributed by atoms with Crippen LogP contribution in [0.15, 0.2) is 34.7 Å². The summed E-state index contributed by atoms with van der Waals surface area (Å²) in [6.45, 7) is 5.96. The van der Waals surface area contributed by atoms with Crippen molar-refractivity contribution in [3.63, 3.8) is 0 Å². The van der Waals surface area contributed by atoms with Crippen LogP contribution in [-0.4, -0.2) is 40.7 Å². The van der Waals surface area contributed by atoms with E-state index in [-0.39, 0.29) is 5.43 Å². The highest BCUT2D eigenvalue weighted by atomic mass is 32.1. The molecule has 1 unspecified atom stereocenters. The van der Waals surface area contributed by atoms with Crippen molar-refractivity contribution in [2.45, 2.75) is 19.9 Å². The van der Waals surface area contributed by atoms with Crippen LogP contribution in [0.4, 0.5) is 5.82 Å². The Labute approximate surface area is 150 Å². The lowest BCUT2D eigenvalue weighted by Gasteiger charge is -2.18. The fraction of sp³-hybridized carbons (Fsp3) is 0.389. The van der Waals surface area contributed by atoms with Crippen LogP contribution in [-0.2, 0) is 0 Å². The number of fused-ring (bicyclic) bond motifs is 1. The third kappa shape index (κ3) is 2.73. The van der Waals surface area contributed by atoms with Gasteiger partial charge in [0.05, 0.1) is 5.39 Å². The van der Waals surface area contributed by atoms with Crippen LogP contribution in [0.5, 0.6) is 0 Å². The Morgan fingerprint density at radius 3 is 2.84 bits per heavy atom. The molecule has 0 bridgehead atoms. The molecule has 1 aliphatic heterocycles. The number of anilines is 1. The Balaban J connectivity index is 1.86. The minimum Gasteiger partial charge on any atom is -0.355 e. The van der Waals surface area contributed by atoms with Gasteiger partial charge in [0.15, 0.2) is 16.2 Å². The molecule has 6 nitrogen and oxygen atoms in total. The van der Waals surface area contributed by atoms with Crippen molar-refractivity contribution in [3.05, 3.63) is 45.7 Å². The molecule has 3 aromatic rings. The normalized spacial score (nSPS) is 20.5. The topological polar surface area (TPSA) is 63.1 Å². The predicted octanol–water partition coefficient (Wildman–Crippen LogP) is 2.19. The Bertz CT molecular complexity index is 966. The zero-order valence-electron chi connectivity index (χ0n) is 14.6. The van der Waals surface area contributed by atoms with Crippen molar-refractivity contribution < 1.29 is 0 Å². The van der Waals surface area contributed by atoms with Crippen LogP contribution < -0.4 is 15.6 Å². The number of likely N-dealkylation sites (N-methyl/N-ethyl adjacent to an activating group) is 1. The molecule has 25 heavy (non-hydrogen) atoms. The number of nitrogens with zero attached hydrogens (tertiary/aromatic N) is 4. The maximum atomic E-state index is 12.5. The van der Waals surface area contributed by atoms with E-state index in [9.17, 15) is 4.79 Å². The van der Waals surface area contributed by atoms with Crippen LogP contribution in [0, 0.1) is 12.8 Å². The van der Waals surface area contributed by atoms with Gasteiger partial charge in [-0.05, 0) is 32.0 Å². The average Bonchev–Trinajstić information content (AvgIpc) is 3.27. The van der Waals surface area contributed by atoms with E-state index in [4.69, 9.17) is 4.98 Å². The molecule has 0 radical (unpaired) electrons. The number of hydrogen-bond donors (Lipinski definition) is 1. The highest BCUT2D eigenvalue weighted by Gasteiger charge is 2.29. The van der Waals surface area contributed by atoms with Crippen molar-refractivity contribution in [2.75, 3.05) is 25.0 Å². The van der Waals surface area contributed by atoms with Crippen LogP contribution in [0.25, 0.3) is 16.2 Å². The summed E-state index contributed by atoms with van der Waals surface area (Å²) in [6.07, 6.45) is 3.60. The van der Waals surface area contributed by atoms with Crippen LogP contribution in [0.2, 0.25) is 0 Å². The van der Waals surface area contributed by atoms with E-state index in [1.54, 1.807) is 6.20 Å². The van der Waals surface area contributed by atoms with Crippen molar-refractivity contribution in [3.8, 4) is 5.13 Å². The number of aryl methyl sites for hydroxylation is 1. The minimum absolute atomic E-state index is 0.0322. The third-order valence-electron chi connectivity index (χ3n) is 4.95. The highest BCUT2D eigenvalue weighted by molar-refractivity contribution is 7.12. The van der Waals surface area contributed by atoms with Gasteiger partial charge in [-0.3, -0.25) is 9.36 Å². The summed E-state index contributed by atoms with van der Waals surface area (Å²) in [5.74, 6) is 1.47. The second kappa shape index (κ2) is 6.24. The second-order valence-electron chi connectivity index (χ2n) is 6.64. The Morgan fingerprint density at radius 2 is 2.16 bits per heavy atom. The van der Waals surface area contributed by atoms with Gasteiger partial charge in [0.2, 0.25) is 0 Å². The molecular weight excluding hydrogens is 334 g/mol. The fourth-order valence-electron chi connectivity index (χ4n) is 3.51. The Morgan fingerprint density at radius 1 is 1.32 bits per heavy atom. The van der Waals surface area contributed by atoms with E-state index >= 15 is 0 Å². The van der Waals surface area contributed by atoms with Gasteiger partial charge in [0.1, 0.15) is 5.82 Å². The number of aromatic nitrogens is 3. The number of nitrogens with one attached hydrogen (secondary N) is 1. The molecule has 3 aromatic heterocycles. The first-order valence-corrected chi connectivity index (χ1v) is 9.31. The number of rotatable bonds is 3. The highest BCUT2D eigenvalue weighted by Crippen LogP contribution is 2.25. The molecule has 0 spiro atoms. The minimum atomic E-state index is 0.0322. The quantitative estimate of drug-likeness (QED) is 0.780. The molecule has 0 saturated carbocycles. The first-order chi connectivity index (χ1) is 12.1. The number of pyridine rings is 2. The summed E-state index contributed by atoms with van der Waals surface area (Å²) in [6, 6.07) is 4.31. The SMILES string of the molecule is CNC1CN(c2ccc3c(=O)c(C)cn(-c4nccs4)c3n2)C[C@@H]1C. The number of hydrogen-bond acceptors (Lipinski definition) is 6. The molecule has 7 heteroatoms. The summed E-state index contributed by atoms with van der Waals surface area (Å²) < 4.78 is 1.93. The summed E-state index contributed by atoms with van der Waals surface area (Å²) >= 11 is 1.53. The maximum absolute atomic E-state index is 12.5. The zero-order valence-corrected chi connectivity index (χ0v) is 15.4. The Hall–Kier alpha value is -2.25. The Kier molecular flexibility index (Phi) is 4.05. The van der Waals surface area contributed by atoms with Crippen LogP contribution in [0.3, 0.4) is 0 Å². The lowest BCUT2D eigenvalue weighted by Crippen LogP contribution is -2.32. The molecular formula is C18H21N5OS. The first kappa shape index (κ1) is 16.2. The van der Waals surface area contributed by atoms with Gasteiger partial charge in [0, 0.05) is 42.5 Å². The molecule has 4 heterocycles. The smallest absolute Gasteiger partial charge is 0.195 e. The van der Waals surface area contributed by atoms with Gasteiger partial charge in [-0.2, -0.15) is 0 Å². The average molecular weight is 355 g/mol. The largest absolute Gasteiger partial charge is 0.355 e. The van der Waals surface area contributed by atoms with Crippen LogP contribution in [0.1, 0.15) is 12.5 Å². The molecule has 0 amide bonds. The third-order valence-corrected chi connectivity index (χ3v) is 5.72. The first-order valence-electron chi connectivity index (χ1n) is 8.43. The molecule has 2 atom stereocenters. The van der Waals surface area contributed by atoms with Gasteiger partial charge in [-0.1, -0.05) is 6.92 Å². The van der Waals surface area contributed by atoms with Gasteiger partial charge < -0.3 is 10.2 Å². The molecule has 1 N–H and O–H groups in total.